The highest BCUT2D eigenvalue weighted by atomic mass is 35.5. The van der Waals surface area contributed by atoms with Gasteiger partial charge >= 0.3 is 0 Å². The van der Waals surface area contributed by atoms with E-state index in [9.17, 15) is 9.59 Å². The predicted octanol–water partition coefficient (Wildman–Crippen LogP) is 4.62. The van der Waals surface area contributed by atoms with Crippen LogP contribution in [-0.2, 0) is 17.9 Å². The number of nitrogens with one attached hydrogen (secondary N) is 4. The number of aliphatic hydroxyl groups excluding tert-OH is 1. The highest BCUT2D eigenvalue weighted by Crippen LogP contribution is 2.39. The molecule has 4 aromatic rings. The highest BCUT2D eigenvalue weighted by molar-refractivity contribution is 6.35. The lowest BCUT2D eigenvalue weighted by Crippen LogP contribution is -2.35. The largest absolute Gasteiger partial charge is 0.496 e. The standard InChI is InChI=1S/C34H36ClFN6O4/c1-20-24(4-3-5-28(20)42-34(45)29-8-6-21(17-40-29)16-37-12-13-43)25-10-11-39-33(32(25)35)22-14-27(36)26(30(15-22)46-2)19-38-18-23-7-9-31(44)41-23/h3-6,8,10-11,14-15,17,23,37-38,43H,7,9,12-13,16,18-19H2,1-2H3,(H,41,44)(H,42,45). The lowest BCUT2D eigenvalue weighted by Gasteiger charge is -2.17. The summed E-state index contributed by atoms with van der Waals surface area (Å²) >= 11 is 6.93. The maximum Gasteiger partial charge on any atom is 0.274 e. The number of amides is 2. The minimum absolute atomic E-state index is 0.0241. The van der Waals surface area contributed by atoms with E-state index < -0.39 is 5.82 Å². The molecular formula is C34H36ClFN6O4. The first-order valence-corrected chi connectivity index (χ1v) is 15.4. The van der Waals surface area contributed by atoms with Crippen LogP contribution in [0.15, 0.2) is 60.9 Å². The lowest BCUT2D eigenvalue weighted by molar-refractivity contribution is -0.119. The molecule has 1 atom stereocenters. The topological polar surface area (TPSA) is 138 Å². The van der Waals surface area contributed by atoms with E-state index in [0.29, 0.717) is 64.9 Å². The fourth-order valence-electron chi connectivity index (χ4n) is 5.38. The maximum atomic E-state index is 15.5. The zero-order chi connectivity index (χ0) is 32.6. The summed E-state index contributed by atoms with van der Waals surface area (Å²) in [5, 5.41) is 21.4. The first-order chi connectivity index (χ1) is 22.3. The molecule has 240 valence electrons. The molecule has 1 fully saturated rings. The number of rotatable bonds is 13. The Labute approximate surface area is 271 Å². The van der Waals surface area contributed by atoms with Crippen LogP contribution in [0.5, 0.6) is 5.75 Å². The molecule has 3 heterocycles. The van der Waals surface area contributed by atoms with E-state index in [-0.39, 0.29) is 36.7 Å². The quantitative estimate of drug-likeness (QED) is 0.133. The Morgan fingerprint density at radius 2 is 1.98 bits per heavy atom. The van der Waals surface area contributed by atoms with Gasteiger partial charge in [-0.1, -0.05) is 29.8 Å². The monoisotopic (exact) mass is 646 g/mol. The summed E-state index contributed by atoms with van der Waals surface area (Å²) in [4.78, 5) is 33.2. The van der Waals surface area contributed by atoms with Crippen molar-refractivity contribution in [2.24, 2.45) is 0 Å². The molecule has 1 saturated heterocycles. The number of ether oxygens (including phenoxy) is 1. The van der Waals surface area contributed by atoms with Gasteiger partial charge in [-0.2, -0.15) is 0 Å². The third-order valence-electron chi connectivity index (χ3n) is 7.86. The molecule has 5 rings (SSSR count). The van der Waals surface area contributed by atoms with E-state index in [1.54, 1.807) is 36.7 Å². The zero-order valence-corrected chi connectivity index (χ0v) is 26.4. The van der Waals surface area contributed by atoms with Gasteiger partial charge in [-0.15, -0.1) is 0 Å². The van der Waals surface area contributed by atoms with Crippen molar-refractivity contribution in [2.45, 2.75) is 38.9 Å². The summed E-state index contributed by atoms with van der Waals surface area (Å²) < 4.78 is 21.0. The molecule has 2 aromatic heterocycles. The number of aromatic nitrogens is 2. The number of methoxy groups -OCH3 is 1. The molecule has 1 aliphatic rings. The summed E-state index contributed by atoms with van der Waals surface area (Å²) in [6.07, 6.45) is 4.48. The first-order valence-electron chi connectivity index (χ1n) is 15.0. The number of hydrogen-bond acceptors (Lipinski definition) is 8. The Balaban J connectivity index is 1.34. The first kappa shape index (κ1) is 33.0. The second-order valence-electron chi connectivity index (χ2n) is 11.0. The van der Waals surface area contributed by atoms with E-state index in [2.05, 4.69) is 31.2 Å². The Morgan fingerprint density at radius 3 is 2.70 bits per heavy atom. The van der Waals surface area contributed by atoms with Gasteiger partial charge in [0.25, 0.3) is 5.91 Å². The van der Waals surface area contributed by atoms with Gasteiger partial charge in [-0.3, -0.25) is 19.6 Å². The van der Waals surface area contributed by atoms with Crippen LogP contribution in [0.3, 0.4) is 0 Å². The van der Waals surface area contributed by atoms with Gasteiger partial charge in [0.15, 0.2) is 0 Å². The van der Waals surface area contributed by atoms with Gasteiger partial charge in [0.05, 0.1) is 24.4 Å². The van der Waals surface area contributed by atoms with E-state index in [4.69, 9.17) is 21.4 Å². The molecule has 0 aliphatic carbocycles. The van der Waals surface area contributed by atoms with Crippen LogP contribution >= 0.6 is 11.6 Å². The molecule has 2 amide bonds. The van der Waals surface area contributed by atoms with Crippen molar-refractivity contribution in [3.63, 3.8) is 0 Å². The normalized spacial score (nSPS) is 14.3. The molecule has 0 spiro atoms. The van der Waals surface area contributed by atoms with Gasteiger partial charge < -0.3 is 31.1 Å². The average Bonchev–Trinajstić information content (AvgIpc) is 3.48. The summed E-state index contributed by atoms with van der Waals surface area (Å²) in [5.74, 6) is -0.446. The van der Waals surface area contributed by atoms with E-state index in [1.807, 2.05) is 25.1 Å². The third-order valence-corrected chi connectivity index (χ3v) is 8.24. The molecular weight excluding hydrogens is 611 g/mol. The average molecular weight is 647 g/mol. The molecule has 46 heavy (non-hydrogen) atoms. The predicted molar refractivity (Wildman–Crippen MR) is 175 cm³/mol. The second-order valence-corrected chi connectivity index (χ2v) is 11.4. The molecule has 0 radical (unpaired) electrons. The minimum Gasteiger partial charge on any atom is -0.496 e. The third kappa shape index (κ3) is 7.68. The number of halogens is 2. The molecule has 10 nitrogen and oxygen atoms in total. The Bertz CT molecular complexity index is 1720. The Morgan fingerprint density at radius 1 is 1.13 bits per heavy atom. The number of aliphatic hydroxyl groups is 1. The van der Waals surface area contributed by atoms with Crippen LogP contribution < -0.4 is 26.0 Å². The maximum absolute atomic E-state index is 15.5. The van der Waals surface area contributed by atoms with Crippen LogP contribution in [0.2, 0.25) is 5.02 Å². The Kier molecular flexibility index (Phi) is 10.9. The van der Waals surface area contributed by atoms with Crippen molar-refractivity contribution in [3.05, 3.63) is 94.1 Å². The number of carbonyl (C=O) groups excluding carboxylic acids is 2. The van der Waals surface area contributed by atoms with Gasteiger partial charge in [0.2, 0.25) is 5.91 Å². The van der Waals surface area contributed by atoms with Crippen molar-refractivity contribution in [1.29, 1.82) is 0 Å². The smallest absolute Gasteiger partial charge is 0.274 e. The van der Waals surface area contributed by atoms with E-state index in [1.165, 1.54) is 13.2 Å². The van der Waals surface area contributed by atoms with Gasteiger partial charge in [0.1, 0.15) is 17.3 Å². The van der Waals surface area contributed by atoms with Crippen LogP contribution in [0, 0.1) is 12.7 Å². The molecule has 2 aromatic carbocycles. The molecule has 0 bridgehead atoms. The number of carbonyl (C=O) groups is 2. The number of hydrogen-bond donors (Lipinski definition) is 5. The lowest BCUT2D eigenvalue weighted by atomic mass is 9.97. The fourth-order valence-corrected chi connectivity index (χ4v) is 5.70. The highest BCUT2D eigenvalue weighted by Gasteiger charge is 2.22. The second kappa shape index (κ2) is 15.2. The van der Waals surface area contributed by atoms with Crippen LogP contribution in [0.4, 0.5) is 10.1 Å². The number of pyridine rings is 2. The SMILES string of the molecule is COc1cc(-c2nccc(-c3cccc(NC(=O)c4ccc(CNCCO)cn4)c3C)c2Cl)cc(F)c1CNCC1CCC(=O)N1. The van der Waals surface area contributed by atoms with Gasteiger partial charge in [-0.25, -0.2) is 4.39 Å². The van der Waals surface area contributed by atoms with Crippen molar-refractivity contribution >= 4 is 29.1 Å². The molecule has 12 heteroatoms. The molecule has 1 unspecified atom stereocenters. The van der Waals surface area contributed by atoms with Crippen LogP contribution in [0.25, 0.3) is 22.4 Å². The summed E-state index contributed by atoms with van der Waals surface area (Å²) in [5.41, 5.74) is 5.18. The summed E-state index contributed by atoms with van der Waals surface area (Å²) in [6.45, 7) is 3.68. The minimum atomic E-state index is -0.468. The van der Waals surface area contributed by atoms with Gasteiger partial charge in [0, 0.05) is 73.4 Å². The zero-order valence-electron chi connectivity index (χ0n) is 25.6. The Hall–Kier alpha value is -4.42. The van der Waals surface area contributed by atoms with Crippen molar-refractivity contribution in [3.8, 4) is 28.1 Å². The van der Waals surface area contributed by atoms with Crippen molar-refractivity contribution in [1.82, 2.24) is 25.9 Å². The summed E-state index contributed by atoms with van der Waals surface area (Å²) in [7, 11) is 1.48. The fraction of sp³-hybridized carbons (Fsp3) is 0.294. The van der Waals surface area contributed by atoms with Crippen molar-refractivity contribution < 1.29 is 23.8 Å². The molecule has 5 N–H and O–H groups in total. The number of nitrogens with zero attached hydrogens (tertiary/aromatic N) is 2. The van der Waals surface area contributed by atoms with Crippen LogP contribution in [0.1, 0.15) is 40.0 Å². The van der Waals surface area contributed by atoms with Gasteiger partial charge in [-0.05, 0) is 60.4 Å². The van der Waals surface area contributed by atoms with E-state index in [0.717, 1.165) is 23.1 Å². The molecule has 1 aliphatic heterocycles. The summed E-state index contributed by atoms with van der Waals surface area (Å²) in [6, 6.07) is 13.9. The van der Waals surface area contributed by atoms with Crippen molar-refractivity contribution in [2.75, 3.05) is 32.1 Å². The molecule has 0 saturated carbocycles. The number of benzene rings is 2. The van der Waals surface area contributed by atoms with E-state index >= 15 is 4.39 Å². The number of anilines is 1. The van der Waals surface area contributed by atoms with Crippen LogP contribution in [-0.4, -0.2) is 59.7 Å².